The second kappa shape index (κ2) is 5.32. The van der Waals surface area contributed by atoms with Crippen LogP contribution in [0, 0.1) is 3.57 Å². The molecule has 0 saturated carbocycles. The Bertz CT molecular complexity index is 750. The largest absolute Gasteiger partial charge is 0.492 e. The molecule has 0 unspecified atom stereocenters. The summed E-state index contributed by atoms with van der Waals surface area (Å²) in [5.41, 5.74) is 8.83. The summed E-state index contributed by atoms with van der Waals surface area (Å²) in [5, 5.41) is 0. The van der Waals surface area contributed by atoms with Crippen molar-refractivity contribution in [2.75, 3.05) is 12.3 Å². The number of anilines is 1. The Labute approximate surface area is 130 Å². The van der Waals surface area contributed by atoms with Gasteiger partial charge in [0.15, 0.2) is 0 Å². The molecule has 0 aliphatic heterocycles. The van der Waals surface area contributed by atoms with Gasteiger partial charge in [-0.1, -0.05) is 6.07 Å². The number of halogens is 1. The van der Waals surface area contributed by atoms with Crippen molar-refractivity contribution >= 4 is 39.6 Å². The summed E-state index contributed by atoms with van der Waals surface area (Å²) in [4.78, 5) is 4.44. The first-order chi connectivity index (χ1) is 9.70. The first-order valence-corrected chi connectivity index (χ1v) is 7.44. The van der Waals surface area contributed by atoms with E-state index < -0.39 is 0 Å². The highest BCUT2D eigenvalue weighted by atomic mass is 127. The molecule has 1 aromatic heterocycles. The van der Waals surface area contributed by atoms with E-state index in [0.717, 1.165) is 22.5 Å². The molecule has 0 fully saturated rings. The van der Waals surface area contributed by atoms with Gasteiger partial charge in [0.05, 0.1) is 12.1 Å². The fourth-order valence-electron chi connectivity index (χ4n) is 2.23. The topological polar surface area (TPSA) is 53.1 Å². The molecule has 1 heterocycles. The highest BCUT2D eigenvalue weighted by Crippen LogP contribution is 2.29. The SMILES string of the molecule is CCOc1cccc2c1nc(N)n2-c1ccc(I)cc1. The van der Waals surface area contributed by atoms with Crippen LogP contribution >= 0.6 is 22.6 Å². The van der Waals surface area contributed by atoms with Crippen LogP contribution in [-0.4, -0.2) is 16.2 Å². The lowest BCUT2D eigenvalue weighted by Crippen LogP contribution is -2.00. The zero-order valence-electron chi connectivity index (χ0n) is 11.0. The molecule has 0 amide bonds. The number of aromatic nitrogens is 2. The predicted octanol–water partition coefficient (Wildman–Crippen LogP) is 3.61. The van der Waals surface area contributed by atoms with E-state index >= 15 is 0 Å². The Hall–Kier alpha value is -1.76. The van der Waals surface area contributed by atoms with Gasteiger partial charge in [-0.2, -0.15) is 0 Å². The first kappa shape index (κ1) is 13.2. The molecule has 3 rings (SSSR count). The van der Waals surface area contributed by atoms with E-state index in [1.165, 1.54) is 3.57 Å². The molecule has 0 spiro atoms. The van der Waals surface area contributed by atoms with E-state index in [2.05, 4.69) is 27.6 Å². The summed E-state index contributed by atoms with van der Waals surface area (Å²) in [6.45, 7) is 2.56. The Kier molecular flexibility index (Phi) is 3.52. The van der Waals surface area contributed by atoms with Crippen LogP contribution in [0.15, 0.2) is 42.5 Å². The summed E-state index contributed by atoms with van der Waals surface area (Å²) in [5.74, 6) is 1.23. The molecule has 0 atom stereocenters. The fourth-order valence-corrected chi connectivity index (χ4v) is 2.58. The summed E-state index contributed by atoms with van der Waals surface area (Å²) in [6, 6.07) is 14.0. The van der Waals surface area contributed by atoms with Crippen molar-refractivity contribution in [1.82, 2.24) is 9.55 Å². The van der Waals surface area contributed by atoms with Gasteiger partial charge in [0, 0.05) is 9.26 Å². The van der Waals surface area contributed by atoms with E-state index in [-0.39, 0.29) is 0 Å². The Morgan fingerprint density at radius 3 is 2.65 bits per heavy atom. The van der Waals surface area contributed by atoms with Crippen molar-refractivity contribution in [2.24, 2.45) is 0 Å². The van der Waals surface area contributed by atoms with E-state index in [1.54, 1.807) is 0 Å². The number of para-hydroxylation sites is 1. The van der Waals surface area contributed by atoms with Gasteiger partial charge in [0.1, 0.15) is 11.3 Å². The number of ether oxygens (including phenoxy) is 1. The molecular formula is C15H14IN3O. The maximum absolute atomic E-state index is 6.08. The second-order valence-corrected chi connectivity index (χ2v) is 5.58. The zero-order chi connectivity index (χ0) is 14.1. The predicted molar refractivity (Wildman–Crippen MR) is 89.4 cm³/mol. The molecule has 102 valence electrons. The van der Waals surface area contributed by atoms with Gasteiger partial charge in [-0.15, -0.1) is 0 Å². The monoisotopic (exact) mass is 379 g/mol. The quantitative estimate of drug-likeness (QED) is 0.708. The molecule has 3 aromatic rings. The van der Waals surface area contributed by atoms with Crippen LogP contribution in [0.3, 0.4) is 0 Å². The summed E-state index contributed by atoms with van der Waals surface area (Å²) in [7, 11) is 0. The van der Waals surface area contributed by atoms with Crippen LogP contribution in [-0.2, 0) is 0 Å². The van der Waals surface area contributed by atoms with Crippen LogP contribution in [0.4, 0.5) is 5.95 Å². The maximum atomic E-state index is 6.08. The molecule has 0 bridgehead atoms. The third-order valence-corrected chi connectivity index (χ3v) is 3.78. The van der Waals surface area contributed by atoms with E-state index in [1.807, 2.05) is 54.0 Å². The molecule has 0 radical (unpaired) electrons. The zero-order valence-corrected chi connectivity index (χ0v) is 13.2. The molecule has 2 aromatic carbocycles. The summed E-state index contributed by atoms with van der Waals surface area (Å²) >= 11 is 2.28. The van der Waals surface area contributed by atoms with Gasteiger partial charge in [0.2, 0.25) is 5.95 Å². The maximum Gasteiger partial charge on any atom is 0.206 e. The van der Waals surface area contributed by atoms with Crippen LogP contribution in [0.1, 0.15) is 6.92 Å². The van der Waals surface area contributed by atoms with Crippen molar-refractivity contribution < 1.29 is 4.74 Å². The number of hydrogen-bond donors (Lipinski definition) is 1. The molecule has 4 nitrogen and oxygen atoms in total. The number of nitrogens with zero attached hydrogens (tertiary/aromatic N) is 2. The van der Waals surface area contributed by atoms with Gasteiger partial charge < -0.3 is 10.5 Å². The van der Waals surface area contributed by atoms with Gasteiger partial charge in [-0.25, -0.2) is 4.98 Å². The van der Waals surface area contributed by atoms with Crippen molar-refractivity contribution in [3.05, 3.63) is 46.0 Å². The number of rotatable bonds is 3. The lowest BCUT2D eigenvalue weighted by atomic mass is 10.2. The minimum atomic E-state index is 0.466. The highest BCUT2D eigenvalue weighted by molar-refractivity contribution is 14.1. The molecule has 5 heteroatoms. The fraction of sp³-hybridized carbons (Fsp3) is 0.133. The first-order valence-electron chi connectivity index (χ1n) is 6.36. The van der Waals surface area contributed by atoms with Crippen molar-refractivity contribution in [1.29, 1.82) is 0 Å². The summed E-state index contributed by atoms with van der Waals surface area (Å²) in [6.07, 6.45) is 0. The molecule has 0 saturated heterocycles. The molecule has 20 heavy (non-hydrogen) atoms. The number of nitrogens with two attached hydrogens (primary N) is 1. The number of nitrogen functional groups attached to an aromatic ring is 1. The third-order valence-electron chi connectivity index (χ3n) is 3.06. The Morgan fingerprint density at radius 1 is 1.20 bits per heavy atom. The van der Waals surface area contributed by atoms with Gasteiger partial charge in [-0.3, -0.25) is 4.57 Å². The number of benzene rings is 2. The number of imidazole rings is 1. The number of fused-ring (bicyclic) bond motifs is 1. The van der Waals surface area contributed by atoms with Gasteiger partial charge in [-0.05, 0) is 65.9 Å². The third kappa shape index (κ3) is 2.22. The van der Waals surface area contributed by atoms with Gasteiger partial charge >= 0.3 is 0 Å². The molecule has 0 aliphatic rings. The van der Waals surface area contributed by atoms with Gasteiger partial charge in [0.25, 0.3) is 0 Å². The molecule has 2 N–H and O–H groups in total. The van der Waals surface area contributed by atoms with Crippen molar-refractivity contribution in [3.8, 4) is 11.4 Å². The number of hydrogen-bond acceptors (Lipinski definition) is 3. The van der Waals surface area contributed by atoms with E-state index in [4.69, 9.17) is 10.5 Å². The standard InChI is InChI=1S/C15H14IN3O/c1-2-20-13-5-3-4-12-14(13)18-15(17)19(12)11-8-6-10(16)7-9-11/h3-9H,2H2,1H3,(H2,17,18). The second-order valence-electron chi connectivity index (χ2n) is 4.34. The van der Waals surface area contributed by atoms with E-state index in [9.17, 15) is 0 Å². The average molecular weight is 379 g/mol. The smallest absolute Gasteiger partial charge is 0.206 e. The molecular weight excluding hydrogens is 365 g/mol. The molecule has 0 aliphatic carbocycles. The lowest BCUT2D eigenvalue weighted by Gasteiger charge is -2.07. The normalized spacial score (nSPS) is 10.9. The van der Waals surface area contributed by atoms with Crippen molar-refractivity contribution in [2.45, 2.75) is 6.92 Å². The van der Waals surface area contributed by atoms with Crippen LogP contribution in [0.2, 0.25) is 0 Å². The lowest BCUT2D eigenvalue weighted by molar-refractivity contribution is 0.344. The average Bonchev–Trinajstić information content (AvgIpc) is 2.78. The minimum Gasteiger partial charge on any atom is -0.492 e. The highest BCUT2D eigenvalue weighted by Gasteiger charge is 2.13. The minimum absolute atomic E-state index is 0.466. The van der Waals surface area contributed by atoms with Crippen LogP contribution in [0.25, 0.3) is 16.7 Å². The van der Waals surface area contributed by atoms with Crippen LogP contribution < -0.4 is 10.5 Å². The van der Waals surface area contributed by atoms with Crippen LogP contribution in [0.5, 0.6) is 5.75 Å². The Balaban J connectivity index is 2.23. The van der Waals surface area contributed by atoms with E-state index in [0.29, 0.717) is 12.6 Å². The van der Waals surface area contributed by atoms with Crippen molar-refractivity contribution in [3.63, 3.8) is 0 Å². The summed E-state index contributed by atoms with van der Waals surface area (Å²) < 4.78 is 8.73. The Morgan fingerprint density at radius 2 is 1.95 bits per heavy atom.